The van der Waals surface area contributed by atoms with Crippen molar-refractivity contribution >= 4 is 41.0 Å². The van der Waals surface area contributed by atoms with Crippen molar-refractivity contribution in [3.8, 4) is 11.5 Å². The van der Waals surface area contributed by atoms with Gasteiger partial charge in [0.15, 0.2) is 6.10 Å². The van der Waals surface area contributed by atoms with E-state index in [-0.39, 0.29) is 31.0 Å². The minimum absolute atomic E-state index is 0.0622. The third-order valence-electron chi connectivity index (χ3n) is 6.27. The zero-order valence-electron chi connectivity index (χ0n) is 23.3. The van der Waals surface area contributed by atoms with Crippen molar-refractivity contribution in [1.82, 2.24) is 4.90 Å². The Bertz CT molecular complexity index is 1360. The summed E-state index contributed by atoms with van der Waals surface area (Å²) in [5, 5.41) is 21.6. The number of nitrogens with zero attached hydrogens (tertiary/aromatic N) is 2. The molecule has 12 heteroatoms. The Morgan fingerprint density at radius 2 is 1.64 bits per heavy atom. The van der Waals surface area contributed by atoms with Crippen molar-refractivity contribution in [2.45, 2.75) is 39.2 Å². The first-order valence-corrected chi connectivity index (χ1v) is 14.0. The van der Waals surface area contributed by atoms with Crippen molar-refractivity contribution in [1.29, 1.82) is 0 Å². The van der Waals surface area contributed by atoms with E-state index in [0.29, 0.717) is 47.4 Å². The quantitative estimate of drug-likeness (QED) is 0.146. The zero-order chi connectivity index (χ0) is 30.6. The number of halogens is 2. The van der Waals surface area contributed by atoms with E-state index in [1.807, 2.05) is 0 Å². The van der Waals surface area contributed by atoms with Gasteiger partial charge >= 0.3 is 12.1 Å². The van der Waals surface area contributed by atoms with Crippen LogP contribution in [-0.2, 0) is 22.4 Å². The Morgan fingerprint density at radius 3 is 2.26 bits per heavy atom. The molecule has 1 amide bonds. The van der Waals surface area contributed by atoms with Gasteiger partial charge in [-0.05, 0) is 80.3 Å². The molecular weight excluding hydrogens is 587 g/mol. The van der Waals surface area contributed by atoms with Gasteiger partial charge in [-0.3, -0.25) is 10.1 Å². The summed E-state index contributed by atoms with van der Waals surface area (Å²) in [6.45, 7) is 4.27. The van der Waals surface area contributed by atoms with Crippen LogP contribution in [0.1, 0.15) is 30.0 Å². The smallest absolute Gasteiger partial charge is 0.415 e. The summed E-state index contributed by atoms with van der Waals surface area (Å²) < 4.78 is 16.6. The number of hydrogen-bond donors (Lipinski definition) is 1. The number of carboxylic acid groups (broad SMARTS) is 1. The molecule has 3 rings (SSSR count). The molecule has 42 heavy (non-hydrogen) atoms. The minimum atomic E-state index is -1.03. The Morgan fingerprint density at radius 1 is 0.976 bits per heavy atom. The first-order valence-electron chi connectivity index (χ1n) is 13.3. The monoisotopic (exact) mass is 618 g/mol. The lowest BCUT2D eigenvalue weighted by atomic mass is 10.1. The number of benzene rings is 3. The first-order chi connectivity index (χ1) is 20.0. The van der Waals surface area contributed by atoms with Gasteiger partial charge in [-0.2, -0.15) is 0 Å². The molecule has 3 aromatic carbocycles. The second-order valence-corrected chi connectivity index (χ2v) is 10.3. The molecule has 0 fully saturated rings. The standard InChI is InChI=1S/C30H32Cl2N2O8/c1-3-40-28(29(35)36)17-21-7-10-25(11-8-21)41-14-13-33(12-4-5-22-15-23(31)18-24(32)16-22)30(37)42-26-9-6-20(2)27(19-26)34(38)39/h6-11,15-16,18-19,28H,3-5,12-14,17H2,1-2H3,(H,35,36). The van der Waals surface area contributed by atoms with Crippen molar-refractivity contribution in [2.24, 2.45) is 0 Å². The topological polar surface area (TPSA) is 128 Å². The van der Waals surface area contributed by atoms with Gasteiger partial charge < -0.3 is 24.2 Å². The van der Waals surface area contributed by atoms with Gasteiger partial charge in [0, 0.05) is 35.2 Å². The van der Waals surface area contributed by atoms with Crippen molar-refractivity contribution in [2.75, 3.05) is 26.3 Å². The number of aryl methyl sites for hydroxylation is 2. The molecule has 0 saturated heterocycles. The summed E-state index contributed by atoms with van der Waals surface area (Å²) >= 11 is 12.2. The molecular formula is C30H32Cl2N2O8. The fourth-order valence-electron chi connectivity index (χ4n) is 4.17. The van der Waals surface area contributed by atoms with Crippen LogP contribution in [0.5, 0.6) is 11.5 Å². The SMILES string of the molecule is CCOC(Cc1ccc(OCCN(CCCc2cc(Cl)cc(Cl)c2)C(=O)Oc2ccc(C)c([N+](=O)[O-])c2)cc1)C(=O)O. The Kier molecular flexibility index (Phi) is 12.4. The summed E-state index contributed by atoms with van der Waals surface area (Å²) in [7, 11) is 0. The van der Waals surface area contributed by atoms with Gasteiger partial charge in [-0.15, -0.1) is 0 Å². The van der Waals surface area contributed by atoms with Crippen LogP contribution < -0.4 is 9.47 Å². The number of aliphatic carboxylic acids is 1. The van der Waals surface area contributed by atoms with E-state index in [0.717, 1.165) is 11.1 Å². The maximum Gasteiger partial charge on any atom is 0.415 e. The zero-order valence-corrected chi connectivity index (χ0v) is 24.8. The van der Waals surface area contributed by atoms with Crippen molar-refractivity contribution in [3.05, 3.63) is 97.5 Å². The average molecular weight is 619 g/mol. The number of nitro benzene ring substituents is 1. The summed E-state index contributed by atoms with van der Waals surface area (Å²) in [5.74, 6) is -0.423. The molecule has 0 aliphatic rings. The normalized spacial score (nSPS) is 11.5. The molecule has 0 bridgehead atoms. The Labute approximate surface area is 253 Å². The molecule has 10 nitrogen and oxygen atoms in total. The summed E-state index contributed by atoms with van der Waals surface area (Å²) in [6.07, 6.45) is -0.218. The second-order valence-electron chi connectivity index (χ2n) is 9.42. The molecule has 0 spiro atoms. The predicted octanol–water partition coefficient (Wildman–Crippen LogP) is 6.75. The van der Waals surface area contributed by atoms with Crippen LogP contribution in [-0.4, -0.2) is 59.4 Å². The van der Waals surface area contributed by atoms with E-state index in [1.54, 1.807) is 56.3 Å². The molecule has 0 aliphatic heterocycles. The highest BCUT2D eigenvalue weighted by atomic mass is 35.5. The van der Waals surface area contributed by atoms with Gasteiger partial charge in [0.1, 0.15) is 18.1 Å². The highest BCUT2D eigenvalue weighted by Crippen LogP contribution is 2.25. The largest absolute Gasteiger partial charge is 0.492 e. The maximum atomic E-state index is 13.1. The Hall–Kier alpha value is -3.86. The highest BCUT2D eigenvalue weighted by molar-refractivity contribution is 6.34. The van der Waals surface area contributed by atoms with E-state index < -0.39 is 23.1 Å². The lowest BCUT2D eigenvalue weighted by Gasteiger charge is -2.22. The third-order valence-corrected chi connectivity index (χ3v) is 6.71. The second kappa shape index (κ2) is 16.0. The fourth-order valence-corrected chi connectivity index (χ4v) is 4.74. The molecule has 0 radical (unpaired) electrons. The number of carboxylic acids is 1. The van der Waals surface area contributed by atoms with Crippen molar-refractivity contribution in [3.63, 3.8) is 0 Å². The van der Waals surface area contributed by atoms with E-state index in [1.165, 1.54) is 23.1 Å². The average Bonchev–Trinajstić information content (AvgIpc) is 2.93. The molecule has 0 aromatic heterocycles. The van der Waals surface area contributed by atoms with Crippen LogP contribution >= 0.6 is 23.2 Å². The number of nitro groups is 1. The van der Waals surface area contributed by atoms with Crippen molar-refractivity contribution < 1.29 is 33.8 Å². The molecule has 0 saturated carbocycles. The summed E-state index contributed by atoms with van der Waals surface area (Å²) in [5.41, 5.74) is 2.00. The molecule has 0 aliphatic carbocycles. The highest BCUT2D eigenvalue weighted by Gasteiger charge is 2.20. The van der Waals surface area contributed by atoms with Crippen LogP contribution in [0, 0.1) is 17.0 Å². The number of carbonyl (C=O) groups excluding carboxylic acids is 1. The summed E-state index contributed by atoms with van der Waals surface area (Å²) in [6, 6.07) is 16.5. The van der Waals surface area contributed by atoms with Gasteiger partial charge in [0.05, 0.1) is 17.5 Å². The number of ether oxygens (including phenoxy) is 3. The molecule has 1 N–H and O–H groups in total. The van der Waals surface area contributed by atoms with Crippen LogP contribution in [0.2, 0.25) is 10.0 Å². The fraction of sp³-hybridized carbons (Fsp3) is 0.333. The maximum absolute atomic E-state index is 13.1. The molecule has 3 aromatic rings. The van der Waals surface area contributed by atoms with Crippen LogP contribution in [0.4, 0.5) is 10.5 Å². The number of amides is 1. The number of hydrogen-bond acceptors (Lipinski definition) is 7. The van der Waals surface area contributed by atoms with E-state index in [4.69, 9.17) is 37.4 Å². The first kappa shape index (κ1) is 32.7. The lowest BCUT2D eigenvalue weighted by Crippen LogP contribution is -2.37. The predicted molar refractivity (Wildman–Crippen MR) is 159 cm³/mol. The van der Waals surface area contributed by atoms with Gasteiger partial charge in [-0.25, -0.2) is 9.59 Å². The molecule has 224 valence electrons. The number of rotatable bonds is 15. The van der Waals surface area contributed by atoms with E-state index in [2.05, 4.69) is 0 Å². The Balaban J connectivity index is 1.64. The molecule has 1 atom stereocenters. The van der Waals surface area contributed by atoms with Gasteiger partial charge in [0.25, 0.3) is 5.69 Å². The van der Waals surface area contributed by atoms with Crippen LogP contribution in [0.25, 0.3) is 0 Å². The van der Waals surface area contributed by atoms with E-state index >= 15 is 0 Å². The molecule has 0 heterocycles. The summed E-state index contributed by atoms with van der Waals surface area (Å²) in [4.78, 5) is 36.7. The van der Waals surface area contributed by atoms with Gasteiger partial charge in [0.2, 0.25) is 0 Å². The molecule has 1 unspecified atom stereocenters. The van der Waals surface area contributed by atoms with Crippen LogP contribution in [0.15, 0.2) is 60.7 Å². The van der Waals surface area contributed by atoms with Crippen LogP contribution in [0.3, 0.4) is 0 Å². The third kappa shape index (κ3) is 10.2. The van der Waals surface area contributed by atoms with Gasteiger partial charge in [-0.1, -0.05) is 35.3 Å². The minimum Gasteiger partial charge on any atom is -0.492 e. The van der Waals surface area contributed by atoms with E-state index in [9.17, 15) is 24.8 Å². The number of carbonyl (C=O) groups is 2. The lowest BCUT2D eigenvalue weighted by molar-refractivity contribution is -0.385.